The Morgan fingerprint density at radius 3 is 2.48 bits per heavy atom. The lowest BCUT2D eigenvalue weighted by Gasteiger charge is -2.13. The van der Waals surface area contributed by atoms with Crippen LogP contribution in [0.25, 0.3) is 11.5 Å². The molecule has 1 aromatic heterocycles. The molecule has 0 aliphatic heterocycles. The summed E-state index contributed by atoms with van der Waals surface area (Å²) >= 11 is 4.68. The number of benzene rings is 2. The van der Waals surface area contributed by atoms with Gasteiger partial charge in [0.25, 0.3) is 10.7 Å². The van der Waals surface area contributed by atoms with Crippen LogP contribution < -0.4 is 5.32 Å². The van der Waals surface area contributed by atoms with Crippen molar-refractivity contribution in [1.82, 2.24) is 10.2 Å². The van der Waals surface area contributed by atoms with Crippen molar-refractivity contribution in [1.29, 1.82) is 0 Å². The Hall–Kier alpha value is -2.94. The minimum Gasteiger partial charge on any atom is -0.409 e. The van der Waals surface area contributed by atoms with Gasteiger partial charge in [-0.25, -0.2) is 5.10 Å². The van der Waals surface area contributed by atoms with Gasteiger partial charge in [0.2, 0.25) is 5.89 Å². The van der Waals surface area contributed by atoms with Crippen molar-refractivity contribution >= 4 is 23.8 Å². The SMILES string of the molecule is O=C(Nc1ccc(-c2n[nH]c(=S)o2)c(C(F)(F)F)c1)c1ccccc1. The van der Waals surface area contributed by atoms with Crippen molar-refractivity contribution in [2.45, 2.75) is 6.18 Å². The Morgan fingerprint density at radius 1 is 1.16 bits per heavy atom. The second-order valence-electron chi connectivity index (χ2n) is 5.00. The fourth-order valence-corrected chi connectivity index (χ4v) is 2.31. The van der Waals surface area contributed by atoms with Crippen LogP contribution in [0.5, 0.6) is 0 Å². The van der Waals surface area contributed by atoms with Crippen molar-refractivity contribution in [2.24, 2.45) is 0 Å². The molecule has 9 heteroatoms. The zero-order valence-electron chi connectivity index (χ0n) is 12.4. The average Bonchev–Trinajstić information content (AvgIpc) is 3.01. The number of amides is 1. The van der Waals surface area contributed by atoms with Crippen molar-refractivity contribution in [2.75, 3.05) is 5.32 Å². The summed E-state index contributed by atoms with van der Waals surface area (Å²) in [6, 6.07) is 11.5. The molecule has 2 N–H and O–H groups in total. The number of nitrogens with zero attached hydrogens (tertiary/aromatic N) is 1. The molecule has 128 valence electrons. The third-order valence-electron chi connectivity index (χ3n) is 3.29. The number of halogens is 3. The van der Waals surface area contributed by atoms with Gasteiger partial charge in [-0.15, -0.1) is 5.10 Å². The Morgan fingerprint density at radius 2 is 1.88 bits per heavy atom. The van der Waals surface area contributed by atoms with Crippen LogP contribution in [0.15, 0.2) is 52.9 Å². The summed E-state index contributed by atoms with van der Waals surface area (Å²) in [6.07, 6.45) is -4.67. The van der Waals surface area contributed by atoms with Gasteiger partial charge in [-0.3, -0.25) is 4.79 Å². The highest BCUT2D eigenvalue weighted by atomic mass is 32.1. The predicted molar refractivity (Wildman–Crippen MR) is 86.5 cm³/mol. The maximum atomic E-state index is 13.4. The normalized spacial score (nSPS) is 11.3. The predicted octanol–water partition coefficient (Wildman–Crippen LogP) is 4.67. The third kappa shape index (κ3) is 3.77. The van der Waals surface area contributed by atoms with Gasteiger partial charge in [-0.1, -0.05) is 18.2 Å². The second-order valence-corrected chi connectivity index (χ2v) is 5.37. The Labute approximate surface area is 144 Å². The molecule has 0 unspecified atom stereocenters. The fourth-order valence-electron chi connectivity index (χ4n) is 2.18. The quantitative estimate of drug-likeness (QED) is 0.662. The third-order valence-corrected chi connectivity index (χ3v) is 3.46. The summed E-state index contributed by atoms with van der Waals surface area (Å²) < 4.78 is 45.0. The number of hydrogen-bond donors (Lipinski definition) is 2. The molecule has 0 spiro atoms. The maximum Gasteiger partial charge on any atom is 0.417 e. The number of alkyl halides is 3. The first kappa shape index (κ1) is 16.9. The molecule has 1 amide bonds. The molecule has 2 aromatic carbocycles. The van der Waals surface area contributed by atoms with E-state index in [1.807, 2.05) is 0 Å². The van der Waals surface area contributed by atoms with Crippen molar-refractivity contribution in [3.63, 3.8) is 0 Å². The molecule has 25 heavy (non-hydrogen) atoms. The molecular weight excluding hydrogens is 355 g/mol. The number of nitrogens with one attached hydrogen (secondary N) is 2. The minimum atomic E-state index is -4.67. The van der Waals surface area contributed by atoms with Crippen LogP contribution in [0.3, 0.4) is 0 Å². The molecule has 0 saturated heterocycles. The molecular formula is C16H10F3N3O2S. The van der Waals surface area contributed by atoms with E-state index >= 15 is 0 Å². The Balaban J connectivity index is 1.97. The average molecular weight is 365 g/mol. The van der Waals surface area contributed by atoms with E-state index < -0.39 is 17.6 Å². The molecule has 3 aromatic rings. The van der Waals surface area contributed by atoms with E-state index in [9.17, 15) is 18.0 Å². The van der Waals surface area contributed by atoms with Gasteiger partial charge in [-0.05, 0) is 42.5 Å². The standard InChI is InChI=1S/C16H10F3N3O2S/c17-16(18,19)12-8-10(20-13(23)9-4-2-1-3-5-9)6-7-11(12)14-21-22-15(25)24-14/h1-8H,(H,20,23)(H,22,25). The monoisotopic (exact) mass is 365 g/mol. The number of anilines is 1. The van der Waals surface area contributed by atoms with E-state index in [2.05, 4.69) is 27.7 Å². The molecule has 0 aliphatic carbocycles. The smallest absolute Gasteiger partial charge is 0.409 e. The highest BCUT2D eigenvalue weighted by Crippen LogP contribution is 2.38. The number of H-pyrrole nitrogens is 1. The summed E-state index contributed by atoms with van der Waals surface area (Å²) in [7, 11) is 0. The molecule has 5 nitrogen and oxygen atoms in total. The number of carbonyl (C=O) groups excluding carboxylic acids is 1. The van der Waals surface area contributed by atoms with Gasteiger partial charge < -0.3 is 9.73 Å². The van der Waals surface area contributed by atoms with E-state index in [4.69, 9.17) is 4.42 Å². The highest BCUT2D eigenvalue weighted by Gasteiger charge is 2.35. The van der Waals surface area contributed by atoms with Crippen LogP contribution in [0.1, 0.15) is 15.9 Å². The van der Waals surface area contributed by atoms with Gasteiger partial charge in [0.05, 0.1) is 11.1 Å². The van der Waals surface area contributed by atoms with E-state index in [0.717, 1.165) is 12.1 Å². The van der Waals surface area contributed by atoms with Crippen molar-refractivity contribution in [3.8, 4) is 11.5 Å². The Kier molecular flexibility index (Phi) is 4.41. The topological polar surface area (TPSA) is 70.9 Å². The number of aromatic amines is 1. The second kappa shape index (κ2) is 6.52. The first-order valence-corrected chi connectivity index (χ1v) is 7.39. The first-order chi connectivity index (χ1) is 11.8. The molecule has 1 heterocycles. The number of aromatic nitrogens is 2. The van der Waals surface area contributed by atoms with Gasteiger partial charge in [0, 0.05) is 11.3 Å². The van der Waals surface area contributed by atoms with Crippen LogP contribution in [-0.4, -0.2) is 16.1 Å². The largest absolute Gasteiger partial charge is 0.417 e. The summed E-state index contributed by atoms with van der Waals surface area (Å²) in [6.45, 7) is 0. The number of rotatable bonds is 3. The van der Waals surface area contributed by atoms with Gasteiger partial charge in [-0.2, -0.15) is 13.2 Å². The first-order valence-electron chi connectivity index (χ1n) is 6.98. The minimum absolute atomic E-state index is 0.000870. The summed E-state index contributed by atoms with van der Waals surface area (Å²) in [5.74, 6) is -0.794. The lowest BCUT2D eigenvalue weighted by Crippen LogP contribution is -2.13. The van der Waals surface area contributed by atoms with Crippen molar-refractivity contribution < 1.29 is 22.4 Å². The number of carbonyl (C=O) groups is 1. The maximum absolute atomic E-state index is 13.4. The summed E-state index contributed by atoms with van der Waals surface area (Å²) in [4.78, 5) is 12.0. The molecule has 0 saturated carbocycles. The molecule has 0 bridgehead atoms. The van der Waals surface area contributed by atoms with Crippen LogP contribution >= 0.6 is 12.2 Å². The van der Waals surface area contributed by atoms with Crippen LogP contribution in [0.2, 0.25) is 0 Å². The van der Waals surface area contributed by atoms with Crippen LogP contribution in [0, 0.1) is 4.84 Å². The molecule has 0 aliphatic rings. The number of hydrogen-bond acceptors (Lipinski definition) is 4. The lowest BCUT2D eigenvalue weighted by molar-refractivity contribution is -0.137. The zero-order chi connectivity index (χ0) is 18.0. The van der Waals surface area contributed by atoms with Crippen molar-refractivity contribution in [3.05, 3.63) is 64.5 Å². The van der Waals surface area contributed by atoms with Gasteiger partial charge >= 0.3 is 6.18 Å². The van der Waals surface area contributed by atoms with E-state index in [-0.39, 0.29) is 22.0 Å². The van der Waals surface area contributed by atoms with E-state index in [1.165, 1.54) is 6.07 Å². The summed E-state index contributed by atoms with van der Waals surface area (Å²) in [5, 5.41) is 8.33. The summed E-state index contributed by atoms with van der Waals surface area (Å²) in [5.41, 5.74) is -0.946. The van der Waals surface area contributed by atoms with E-state index in [1.54, 1.807) is 30.3 Å². The van der Waals surface area contributed by atoms with Gasteiger partial charge in [0.1, 0.15) is 0 Å². The molecule has 0 atom stereocenters. The molecule has 0 radical (unpaired) electrons. The van der Waals surface area contributed by atoms with Crippen LogP contribution in [-0.2, 0) is 6.18 Å². The van der Waals surface area contributed by atoms with E-state index in [0.29, 0.717) is 5.56 Å². The highest BCUT2D eigenvalue weighted by molar-refractivity contribution is 7.71. The zero-order valence-corrected chi connectivity index (χ0v) is 13.2. The molecule has 0 fully saturated rings. The Bertz CT molecular complexity index is 965. The fraction of sp³-hybridized carbons (Fsp3) is 0.0625. The van der Waals surface area contributed by atoms with Crippen LogP contribution in [0.4, 0.5) is 18.9 Å². The van der Waals surface area contributed by atoms with Gasteiger partial charge in [0.15, 0.2) is 0 Å². The molecule has 3 rings (SSSR count). The lowest BCUT2D eigenvalue weighted by atomic mass is 10.1.